The molecule has 0 heterocycles. The van der Waals surface area contributed by atoms with Gasteiger partial charge >= 0.3 is 0 Å². The van der Waals surface area contributed by atoms with Crippen LogP contribution >= 0.6 is 27.5 Å². The highest BCUT2D eigenvalue weighted by molar-refractivity contribution is 9.10. The van der Waals surface area contributed by atoms with Gasteiger partial charge in [-0.1, -0.05) is 29.8 Å². The van der Waals surface area contributed by atoms with Crippen molar-refractivity contribution in [2.45, 2.75) is 27.3 Å². The van der Waals surface area contributed by atoms with Crippen molar-refractivity contribution in [2.75, 3.05) is 23.8 Å². The SMILES string of the molecule is CCOc1cc(CNc2ccc(C)c(Cl)c2)cc(Br)c1OCC(=O)Nc1cccc(C)c1. The monoisotopic (exact) mass is 516 g/mol. The summed E-state index contributed by atoms with van der Waals surface area (Å²) in [6, 6.07) is 17.3. The van der Waals surface area contributed by atoms with Crippen LogP contribution in [-0.4, -0.2) is 19.1 Å². The summed E-state index contributed by atoms with van der Waals surface area (Å²) >= 11 is 9.77. The molecule has 0 saturated carbocycles. The standard InChI is InChI=1S/C25H26BrClN2O3/c1-4-31-23-12-18(14-28-19-9-8-17(3)22(27)13-19)11-21(26)25(23)32-15-24(30)29-20-7-5-6-16(2)10-20/h5-13,28H,4,14-15H2,1-3H3,(H,29,30). The highest BCUT2D eigenvalue weighted by Gasteiger charge is 2.14. The number of hydrogen-bond donors (Lipinski definition) is 2. The molecule has 0 aromatic heterocycles. The predicted octanol–water partition coefficient (Wildman–Crippen LogP) is 6.75. The molecular weight excluding hydrogens is 492 g/mol. The van der Waals surface area contributed by atoms with Gasteiger partial charge < -0.3 is 20.1 Å². The van der Waals surface area contributed by atoms with Crippen molar-refractivity contribution in [3.63, 3.8) is 0 Å². The zero-order valence-corrected chi connectivity index (χ0v) is 20.6. The Balaban J connectivity index is 1.67. The van der Waals surface area contributed by atoms with E-state index in [4.69, 9.17) is 21.1 Å². The Hall–Kier alpha value is -2.70. The molecule has 168 valence electrons. The Labute approximate surface area is 202 Å². The number of nitrogens with one attached hydrogen (secondary N) is 2. The van der Waals surface area contributed by atoms with Gasteiger partial charge in [0.15, 0.2) is 18.1 Å². The summed E-state index contributed by atoms with van der Waals surface area (Å²) in [6.45, 7) is 6.77. The Morgan fingerprint density at radius 1 is 1.03 bits per heavy atom. The third kappa shape index (κ3) is 6.65. The van der Waals surface area contributed by atoms with Gasteiger partial charge in [-0.05, 0) is 89.8 Å². The maximum Gasteiger partial charge on any atom is 0.262 e. The average molecular weight is 518 g/mol. The van der Waals surface area contributed by atoms with Gasteiger partial charge in [0, 0.05) is 22.9 Å². The Bertz CT molecular complexity index is 1100. The zero-order valence-electron chi connectivity index (χ0n) is 18.3. The summed E-state index contributed by atoms with van der Waals surface area (Å²) in [5.41, 5.74) is 4.77. The molecule has 0 aliphatic rings. The fourth-order valence-corrected chi connectivity index (χ4v) is 3.88. The van der Waals surface area contributed by atoms with Crippen LogP contribution in [0, 0.1) is 13.8 Å². The Kier molecular flexibility index (Phi) is 8.42. The summed E-state index contributed by atoms with van der Waals surface area (Å²) in [7, 11) is 0. The first-order valence-corrected chi connectivity index (χ1v) is 11.5. The number of amides is 1. The number of hydrogen-bond acceptors (Lipinski definition) is 4. The first-order valence-electron chi connectivity index (χ1n) is 10.3. The zero-order chi connectivity index (χ0) is 23.1. The molecule has 2 N–H and O–H groups in total. The van der Waals surface area contributed by atoms with Gasteiger partial charge in [-0.25, -0.2) is 0 Å². The number of ether oxygens (including phenoxy) is 2. The van der Waals surface area contributed by atoms with E-state index in [1.54, 1.807) is 0 Å². The smallest absolute Gasteiger partial charge is 0.262 e. The molecule has 0 spiro atoms. The van der Waals surface area contributed by atoms with Gasteiger partial charge in [0.1, 0.15) is 0 Å². The van der Waals surface area contributed by atoms with Crippen molar-refractivity contribution in [2.24, 2.45) is 0 Å². The molecule has 1 amide bonds. The van der Waals surface area contributed by atoms with E-state index in [-0.39, 0.29) is 12.5 Å². The third-order valence-corrected chi connectivity index (χ3v) is 5.68. The maximum absolute atomic E-state index is 12.3. The highest BCUT2D eigenvalue weighted by Crippen LogP contribution is 2.37. The summed E-state index contributed by atoms with van der Waals surface area (Å²) in [5.74, 6) is 0.823. The summed E-state index contributed by atoms with van der Waals surface area (Å²) in [6.07, 6.45) is 0. The lowest BCUT2D eigenvalue weighted by Crippen LogP contribution is -2.20. The van der Waals surface area contributed by atoms with Crippen LogP contribution in [0.25, 0.3) is 0 Å². The minimum Gasteiger partial charge on any atom is -0.490 e. The number of benzene rings is 3. The van der Waals surface area contributed by atoms with Crippen molar-refractivity contribution in [3.05, 3.63) is 80.8 Å². The molecule has 0 bridgehead atoms. The van der Waals surface area contributed by atoms with Gasteiger partial charge in [-0.15, -0.1) is 0 Å². The lowest BCUT2D eigenvalue weighted by atomic mass is 10.2. The van der Waals surface area contributed by atoms with Crippen LogP contribution in [0.1, 0.15) is 23.6 Å². The van der Waals surface area contributed by atoms with Crippen LogP contribution < -0.4 is 20.1 Å². The molecule has 7 heteroatoms. The number of halogens is 2. The molecule has 0 aliphatic carbocycles. The summed E-state index contributed by atoms with van der Waals surface area (Å²) in [4.78, 5) is 12.3. The van der Waals surface area contributed by atoms with Crippen molar-refractivity contribution in [3.8, 4) is 11.5 Å². The molecule has 0 fully saturated rings. The summed E-state index contributed by atoms with van der Waals surface area (Å²) < 4.78 is 12.3. The minimum atomic E-state index is -0.244. The van der Waals surface area contributed by atoms with E-state index < -0.39 is 0 Å². The molecule has 0 atom stereocenters. The van der Waals surface area contributed by atoms with Crippen molar-refractivity contribution in [1.29, 1.82) is 0 Å². The van der Waals surface area contributed by atoms with E-state index >= 15 is 0 Å². The molecule has 0 aliphatic heterocycles. The van der Waals surface area contributed by atoms with Crippen LogP contribution in [0.15, 0.2) is 59.1 Å². The third-order valence-electron chi connectivity index (χ3n) is 4.69. The van der Waals surface area contributed by atoms with E-state index in [0.29, 0.717) is 29.1 Å². The molecule has 3 aromatic rings. The quantitative estimate of drug-likeness (QED) is 0.330. The van der Waals surface area contributed by atoms with Gasteiger partial charge in [0.2, 0.25) is 0 Å². The number of aryl methyl sites for hydroxylation is 2. The van der Waals surface area contributed by atoms with Crippen LogP contribution in [0.5, 0.6) is 11.5 Å². The second-order valence-electron chi connectivity index (χ2n) is 7.36. The number of anilines is 2. The van der Waals surface area contributed by atoms with E-state index in [1.807, 2.05) is 75.4 Å². The number of carbonyl (C=O) groups is 1. The molecule has 5 nitrogen and oxygen atoms in total. The fourth-order valence-electron chi connectivity index (χ4n) is 3.09. The molecule has 0 radical (unpaired) electrons. The van der Waals surface area contributed by atoms with E-state index in [1.165, 1.54) is 0 Å². The van der Waals surface area contributed by atoms with Gasteiger partial charge in [0.05, 0.1) is 11.1 Å². The van der Waals surface area contributed by atoms with Crippen LogP contribution in [0.4, 0.5) is 11.4 Å². The van der Waals surface area contributed by atoms with Crippen molar-refractivity contribution < 1.29 is 14.3 Å². The van der Waals surface area contributed by atoms with Crippen LogP contribution in [0.3, 0.4) is 0 Å². The lowest BCUT2D eigenvalue weighted by Gasteiger charge is -2.16. The molecule has 0 saturated heterocycles. The number of carbonyl (C=O) groups excluding carboxylic acids is 1. The summed E-state index contributed by atoms with van der Waals surface area (Å²) in [5, 5.41) is 6.92. The van der Waals surface area contributed by atoms with Crippen molar-refractivity contribution >= 4 is 44.8 Å². The van der Waals surface area contributed by atoms with E-state index in [2.05, 4.69) is 26.6 Å². The second-order valence-corrected chi connectivity index (χ2v) is 8.62. The van der Waals surface area contributed by atoms with Gasteiger partial charge in [-0.2, -0.15) is 0 Å². The topological polar surface area (TPSA) is 59.6 Å². The van der Waals surface area contributed by atoms with Crippen LogP contribution in [-0.2, 0) is 11.3 Å². The fraction of sp³-hybridized carbons (Fsp3) is 0.240. The van der Waals surface area contributed by atoms with Gasteiger partial charge in [0.25, 0.3) is 5.91 Å². The Morgan fingerprint density at radius 2 is 1.84 bits per heavy atom. The second kappa shape index (κ2) is 11.2. The maximum atomic E-state index is 12.3. The van der Waals surface area contributed by atoms with E-state index in [9.17, 15) is 4.79 Å². The average Bonchev–Trinajstić information content (AvgIpc) is 2.74. The molecule has 0 unspecified atom stereocenters. The normalized spacial score (nSPS) is 10.5. The highest BCUT2D eigenvalue weighted by atomic mass is 79.9. The molecule has 3 rings (SSSR count). The van der Waals surface area contributed by atoms with Crippen molar-refractivity contribution in [1.82, 2.24) is 0 Å². The van der Waals surface area contributed by atoms with Gasteiger partial charge in [-0.3, -0.25) is 4.79 Å². The van der Waals surface area contributed by atoms with Crippen LogP contribution in [0.2, 0.25) is 5.02 Å². The molecule has 32 heavy (non-hydrogen) atoms. The molecular formula is C25H26BrClN2O3. The minimum absolute atomic E-state index is 0.133. The number of rotatable bonds is 9. The lowest BCUT2D eigenvalue weighted by molar-refractivity contribution is -0.118. The first-order chi connectivity index (χ1) is 15.4. The molecule has 3 aromatic carbocycles. The first kappa shape index (κ1) is 24.0. The Morgan fingerprint density at radius 3 is 2.56 bits per heavy atom. The largest absolute Gasteiger partial charge is 0.490 e. The van der Waals surface area contributed by atoms with E-state index in [0.717, 1.165) is 33.1 Å². The predicted molar refractivity (Wildman–Crippen MR) is 134 cm³/mol.